The summed E-state index contributed by atoms with van der Waals surface area (Å²) in [5, 5.41) is -0.369. The molecule has 0 atom stereocenters. The Morgan fingerprint density at radius 2 is 1.12 bits per heavy atom. The van der Waals surface area contributed by atoms with E-state index in [-0.39, 0.29) is 10.2 Å². The summed E-state index contributed by atoms with van der Waals surface area (Å²) in [6.45, 7) is 9.12. The molecule has 0 saturated carbocycles. The Bertz CT molecular complexity index is 583. The molecule has 0 N–H and O–H groups in total. The van der Waals surface area contributed by atoms with Gasteiger partial charge in [0.05, 0.1) is 0 Å². The summed E-state index contributed by atoms with van der Waals surface area (Å²) in [6, 6.07) is 17.9. The standard InChI is InChI=1S/C8H18.2C7H6OS/c1-5-6-7-8(2,3)4;2*8-7(9)6-4-2-1-3-5-6/h5-7H2,1-4H3;2*1-5H,(H,8,9). The summed E-state index contributed by atoms with van der Waals surface area (Å²) in [6.07, 6.45) is 4.07. The summed E-state index contributed by atoms with van der Waals surface area (Å²) < 4.78 is 0. The molecular weight excluding hydrogens is 360 g/mol. The second kappa shape index (κ2) is 13.7. The molecule has 0 saturated heterocycles. The lowest BCUT2D eigenvalue weighted by atomic mass is 9.90. The van der Waals surface area contributed by atoms with Crippen LogP contribution in [-0.2, 0) is 0 Å². The van der Waals surface area contributed by atoms with E-state index in [2.05, 4.69) is 53.0 Å². The number of carbonyl (C=O) groups is 2. The van der Waals surface area contributed by atoms with Gasteiger partial charge < -0.3 is 0 Å². The van der Waals surface area contributed by atoms with Crippen LogP contribution in [0, 0.1) is 5.41 Å². The molecule has 0 aliphatic carbocycles. The number of unbranched alkanes of at least 4 members (excludes halogenated alkanes) is 1. The first-order chi connectivity index (χ1) is 12.2. The quantitative estimate of drug-likeness (QED) is 0.567. The molecule has 0 spiro atoms. The van der Waals surface area contributed by atoms with Crippen LogP contribution in [0.25, 0.3) is 0 Å². The Morgan fingerprint density at radius 1 is 0.769 bits per heavy atom. The van der Waals surface area contributed by atoms with Crippen LogP contribution >= 0.6 is 25.3 Å². The highest BCUT2D eigenvalue weighted by Gasteiger charge is 2.07. The van der Waals surface area contributed by atoms with E-state index in [1.165, 1.54) is 19.3 Å². The molecule has 0 aromatic heterocycles. The summed E-state index contributed by atoms with van der Waals surface area (Å²) in [7, 11) is 0. The smallest absolute Gasteiger partial charge is 0.216 e. The van der Waals surface area contributed by atoms with Gasteiger partial charge in [0, 0.05) is 11.1 Å². The predicted molar refractivity (Wildman–Crippen MR) is 118 cm³/mol. The molecule has 26 heavy (non-hydrogen) atoms. The Hall–Kier alpha value is -1.52. The lowest BCUT2D eigenvalue weighted by Crippen LogP contribution is -2.03. The molecule has 0 radical (unpaired) electrons. The van der Waals surface area contributed by atoms with Gasteiger partial charge in [0.25, 0.3) is 0 Å². The largest absolute Gasteiger partial charge is 0.282 e. The first-order valence-electron chi connectivity index (χ1n) is 8.74. The number of rotatable bonds is 4. The second-order valence-corrected chi connectivity index (χ2v) is 7.82. The van der Waals surface area contributed by atoms with Crippen molar-refractivity contribution in [2.24, 2.45) is 5.41 Å². The maximum Gasteiger partial charge on any atom is 0.216 e. The van der Waals surface area contributed by atoms with Crippen molar-refractivity contribution in [1.29, 1.82) is 0 Å². The number of hydrogen-bond donors (Lipinski definition) is 2. The van der Waals surface area contributed by atoms with Crippen molar-refractivity contribution in [3.05, 3.63) is 71.8 Å². The van der Waals surface area contributed by atoms with Crippen LogP contribution in [0.3, 0.4) is 0 Å². The van der Waals surface area contributed by atoms with Gasteiger partial charge in [-0.2, -0.15) is 0 Å². The van der Waals surface area contributed by atoms with Gasteiger partial charge >= 0.3 is 0 Å². The highest BCUT2D eigenvalue weighted by atomic mass is 32.1. The summed E-state index contributed by atoms with van der Waals surface area (Å²) >= 11 is 7.30. The summed E-state index contributed by atoms with van der Waals surface area (Å²) in [5.41, 5.74) is 1.83. The number of hydrogen-bond acceptors (Lipinski definition) is 2. The van der Waals surface area contributed by atoms with E-state index in [1.807, 2.05) is 36.4 Å². The van der Waals surface area contributed by atoms with Gasteiger partial charge in [-0.1, -0.05) is 101 Å². The molecule has 142 valence electrons. The maximum atomic E-state index is 10.5. The average Bonchev–Trinajstić information content (AvgIpc) is 2.62. The van der Waals surface area contributed by atoms with E-state index in [9.17, 15) is 9.59 Å². The number of thiol groups is 2. The third kappa shape index (κ3) is 13.7. The minimum atomic E-state index is -0.185. The fourth-order valence-electron chi connectivity index (χ4n) is 1.87. The minimum absolute atomic E-state index is 0.185. The molecule has 2 nitrogen and oxygen atoms in total. The van der Waals surface area contributed by atoms with Crippen LogP contribution in [-0.4, -0.2) is 10.2 Å². The highest BCUT2D eigenvalue weighted by molar-refractivity contribution is 7.97. The molecule has 2 rings (SSSR count). The van der Waals surface area contributed by atoms with Crippen LogP contribution in [0.15, 0.2) is 60.7 Å². The second-order valence-electron chi connectivity index (χ2n) is 7.01. The lowest BCUT2D eigenvalue weighted by molar-refractivity contribution is 0.108. The third-order valence-corrected chi connectivity index (χ3v) is 3.84. The lowest BCUT2D eigenvalue weighted by Gasteiger charge is -2.16. The van der Waals surface area contributed by atoms with Crippen molar-refractivity contribution in [3.8, 4) is 0 Å². The van der Waals surface area contributed by atoms with Crippen molar-refractivity contribution in [2.75, 3.05) is 0 Å². The van der Waals surface area contributed by atoms with Gasteiger partial charge in [-0.05, 0) is 11.8 Å². The van der Waals surface area contributed by atoms with E-state index in [0.717, 1.165) is 0 Å². The van der Waals surface area contributed by atoms with Crippen molar-refractivity contribution < 1.29 is 9.59 Å². The van der Waals surface area contributed by atoms with Crippen molar-refractivity contribution in [2.45, 2.75) is 47.0 Å². The van der Waals surface area contributed by atoms with Crippen LogP contribution < -0.4 is 0 Å². The third-order valence-electron chi connectivity index (χ3n) is 3.32. The molecule has 2 aromatic rings. The van der Waals surface area contributed by atoms with E-state index < -0.39 is 0 Å². The Labute approximate surface area is 169 Å². The molecule has 0 aliphatic heterocycles. The predicted octanol–water partition coefficient (Wildman–Crippen LogP) is 6.74. The molecular formula is C22H30O2S2. The number of benzene rings is 2. The zero-order chi connectivity index (χ0) is 20.0. The molecule has 0 fully saturated rings. The normalized spacial score (nSPS) is 9.92. The molecule has 0 aliphatic rings. The Kier molecular flexibility index (Phi) is 12.9. The van der Waals surface area contributed by atoms with Gasteiger partial charge in [-0.3, -0.25) is 9.59 Å². The number of carbonyl (C=O) groups excluding carboxylic acids is 2. The van der Waals surface area contributed by atoms with Crippen LogP contribution in [0.2, 0.25) is 0 Å². The fourth-order valence-corrected chi connectivity index (χ4v) is 2.17. The van der Waals surface area contributed by atoms with Gasteiger partial charge in [-0.15, -0.1) is 25.3 Å². The summed E-state index contributed by atoms with van der Waals surface area (Å²) in [5.74, 6) is 0. The zero-order valence-corrected chi connectivity index (χ0v) is 17.9. The van der Waals surface area contributed by atoms with E-state index in [4.69, 9.17) is 0 Å². The highest BCUT2D eigenvalue weighted by Crippen LogP contribution is 2.20. The van der Waals surface area contributed by atoms with Crippen LogP contribution in [0.1, 0.15) is 67.7 Å². The van der Waals surface area contributed by atoms with Crippen molar-refractivity contribution in [1.82, 2.24) is 0 Å². The van der Waals surface area contributed by atoms with E-state index in [1.54, 1.807) is 24.3 Å². The van der Waals surface area contributed by atoms with Gasteiger partial charge in [0.1, 0.15) is 0 Å². The van der Waals surface area contributed by atoms with E-state index >= 15 is 0 Å². The Balaban J connectivity index is 0.000000362. The average molecular weight is 391 g/mol. The first kappa shape index (κ1) is 24.5. The van der Waals surface area contributed by atoms with Crippen molar-refractivity contribution in [3.63, 3.8) is 0 Å². The minimum Gasteiger partial charge on any atom is -0.282 e. The molecule has 2 aromatic carbocycles. The molecule has 0 unspecified atom stereocenters. The molecule has 0 amide bonds. The molecule has 4 heteroatoms. The first-order valence-corrected chi connectivity index (χ1v) is 9.63. The summed E-state index contributed by atoms with van der Waals surface area (Å²) in [4.78, 5) is 21.0. The topological polar surface area (TPSA) is 34.1 Å². The maximum absolute atomic E-state index is 10.5. The zero-order valence-electron chi connectivity index (χ0n) is 16.1. The van der Waals surface area contributed by atoms with E-state index in [0.29, 0.717) is 16.5 Å². The SMILES string of the molecule is CCCCC(C)(C)C.O=C(S)c1ccccc1.O=C(S)c1ccccc1. The van der Waals surface area contributed by atoms with Crippen LogP contribution in [0.5, 0.6) is 0 Å². The van der Waals surface area contributed by atoms with Gasteiger partial charge in [0.2, 0.25) is 10.2 Å². The molecule has 0 heterocycles. The monoisotopic (exact) mass is 390 g/mol. The fraction of sp³-hybridized carbons (Fsp3) is 0.364. The van der Waals surface area contributed by atoms with Gasteiger partial charge in [0.15, 0.2) is 0 Å². The Morgan fingerprint density at radius 3 is 1.27 bits per heavy atom. The van der Waals surface area contributed by atoms with Gasteiger partial charge in [-0.25, -0.2) is 0 Å². The van der Waals surface area contributed by atoms with Crippen LogP contribution in [0.4, 0.5) is 0 Å². The molecule has 0 bridgehead atoms. The van der Waals surface area contributed by atoms with Crippen molar-refractivity contribution >= 4 is 35.5 Å².